The van der Waals surface area contributed by atoms with Crippen molar-refractivity contribution >= 4 is 10.9 Å². The minimum atomic E-state index is -0.897. The van der Waals surface area contributed by atoms with E-state index in [-0.39, 0.29) is 12.1 Å². The summed E-state index contributed by atoms with van der Waals surface area (Å²) in [6, 6.07) is 6.14. The van der Waals surface area contributed by atoms with Crippen molar-refractivity contribution in [1.29, 1.82) is 0 Å². The summed E-state index contributed by atoms with van der Waals surface area (Å²) in [5, 5.41) is 31.1. The second-order valence-corrected chi connectivity index (χ2v) is 6.55. The second-order valence-electron chi connectivity index (χ2n) is 6.55. The molecule has 7 nitrogen and oxygen atoms in total. The first-order valence-electron chi connectivity index (χ1n) is 7.82. The lowest BCUT2D eigenvalue weighted by molar-refractivity contribution is -0.0234. The number of hydrogen-bond acceptors (Lipinski definition) is 5. The van der Waals surface area contributed by atoms with Crippen molar-refractivity contribution in [3.63, 3.8) is 0 Å². The fraction of sp³-hybridized carbons (Fsp3) is 0.438. The average molecular weight is 312 g/mol. The molecule has 1 aliphatic rings. The molecule has 0 spiro atoms. The highest BCUT2D eigenvalue weighted by Gasteiger charge is 2.40. The Morgan fingerprint density at radius 1 is 1.35 bits per heavy atom. The number of fused-ring (bicyclic) bond motifs is 1. The van der Waals surface area contributed by atoms with Gasteiger partial charge in [-0.1, -0.05) is 17.3 Å². The Labute approximate surface area is 133 Å². The third-order valence-corrected chi connectivity index (χ3v) is 4.63. The Bertz CT molecular complexity index is 840. The van der Waals surface area contributed by atoms with Gasteiger partial charge in [-0.15, -0.1) is 5.10 Å². The van der Waals surface area contributed by atoms with Gasteiger partial charge < -0.3 is 10.4 Å². The highest BCUT2D eigenvalue weighted by molar-refractivity contribution is 5.78. The standard InChI is InChI=1S/C16H20N6O/c1-10-6-16(23,7-14(18-10)15-9-22(2)21-20-15)12-4-3-11-8-17-19-13(11)5-12/h3-5,8-10,14,18,23H,6-7H2,1-2H3,(H,17,19)/t10-,14-,16-/m0/s1. The molecule has 3 N–H and O–H groups in total. The molecule has 1 aliphatic heterocycles. The van der Waals surface area contributed by atoms with Gasteiger partial charge in [0.05, 0.1) is 29.1 Å². The number of aliphatic hydroxyl groups is 1. The van der Waals surface area contributed by atoms with Crippen molar-refractivity contribution in [3.05, 3.63) is 41.9 Å². The third kappa shape index (κ3) is 2.51. The van der Waals surface area contributed by atoms with E-state index in [1.807, 2.05) is 31.4 Å². The van der Waals surface area contributed by atoms with Crippen LogP contribution in [0.5, 0.6) is 0 Å². The summed E-state index contributed by atoms with van der Waals surface area (Å²) >= 11 is 0. The number of benzene rings is 1. The summed E-state index contributed by atoms with van der Waals surface area (Å²) in [7, 11) is 1.85. The zero-order valence-corrected chi connectivity index (χ0v) is 13.2. The van der Waals surface area contributed by atoms with Gasteiger partial charge in [-0.25, -0.2) is 0 Å². The van der Waals surface area contributed by atoms with Gasteiger partial charge in [0.15, 0.2) is 0 Å². The Morgan fingerprint density at radius 2 is 2.22 bits per heavy atom. The van der Waals surface area contributed by atoms with E-state index in [1.54, 1.807) is 10.9 Å². The first-order chi connectivity index (χ1) is 11.0. The fourth-order valence-corrected chi connectivity index (χ4v) is 3.57. The second kappa shape index (κ2) is 5.14. The van der Waals surface area contributed by atoms with Gasteiger partial charge in [-0.3, -0.25) is 9.78 Å². The van der Waals surface area contributed by atoms with Crippen molar-refractivity contribution in [3.8, 4) is 0 Å². The Kier molecular flexibility index (Phi) is 3.21. The van der Waals surface area contributed by atoms with Gasteiger partial charge in [0, 0.05) is 31.1 Å². The van der Waals surface area contributed by atoms with E-state index >= 15 is 0 Å². The number of nitrogens with zero attached hydrogens (tertiary/aromatic N) is 4. The molecule has 4 rings (SSSR count). The zero-order valence-electron chi connectivity index (χ0n) is 13.2. The minimum absolute atomic E-state index is 0.0186. The lowest BCUT2D eigenvalue weighted by atomic mass is 9.78. The van der Waals surface area contributed by atoms with Crippen molar-refractivity contribution in [1.82, 2.24) is 30.5 Å². The first kappa shape index (κ1) is 14.3. The Morgan fingerprint density at radius 3 is 3.00 bits per heavy atom. The normalized spacial score (nSPS) is 28.3. The van der Waals surface area contributed by atoms with Crippen LogP contribution in [0.4, 0.5) is 0 Å². The van der Waals surface area contributed by atoms with E-state index in [4.69, 9.17) is 0 Å². The predicted octanol–water partition coefficient (Wildman–Crippen LogP) is 1.39. The van der Waals surface area contributed by atoms with Crippen LogP contribution in [0.2, 0.25) is 0 Å². The number of aromatic amines is 1. The van der Waals surface area contributed by atoms with E-state index in [0.717, 1.165) is 22.2 Å². The molecular weight excluding hydrogens is 292 g/mol. The zero-order chi connectivity index (χ0) is 16.0. The highest BCUT2D eigenvalue weighted by atomic mass is 16.3. The monoisotopic (exact) mass is 312 g/mol. The molecule has 2 aromatic heterocycles. The summed E-state index contributed by atoms with van der Waals surface area (Å²) < 4.78 is 1.69. The Balaban J connectivity index is 1.70. The molecule has 7 heteroatoms. The number of aryl methyl sites for hydroxylation is 1. The highest BCUT2D eigenvalue weighted by Crippen LogP contribution is 2.40. The summed E-state index contributed by atoms with van der Waals surface area (Å²) in [6.45, 7) is 2.09. The van der Waals surface area contributed by atoms with Crippen LogP contribution < -0.4 is 5.32 Å². The smallest absolute Gasteiger partial charge is 0.0997 e. The van der Waals surface area contributed by atoms with E-state index in [0.29, 0.717) is 12.8 Å². The molecule has 0 aliphatic carbocycles. The maximum Gasteiger partial charge on any atom is 0.0997 e. The van der Waals surface area contributed by atoms with E-state index in [9.17, 15) is 5.11 Å². The molecule has 3 aromatic rings. The molecule has 120 valence electrons. The summed E-state index contributed by atoms with van der Waals surface area (Å²) in [5.74, 6) is 0. The molecule has 0 bridgehead atoms. The van der Waals surface area contributed by atoms with Crippen molar-refractivity contribution < 1.29 is 5.11 Å². The van der Waals surface area contributed by atoms with Gasteiger partial charge in [0.25, 0.3) is 0 Å². The third-order valence-electron chi connectivity index (χ3n) is 4.63. The van der Waals surface area contributed by atoms with Gasteiger partial charge >= 0.3 is 0 Å². The first-order valence-corrected chi connectivity index (χ1v) is 7.82. The van der Waals surface area contributed by atoms with Crippen molar-refractivity contribution in [2.45, 2.75) is 37.5 Å². The number of hydrogen-bond donors (Lipinski definition) is 3. The molecule has 3 heterocycles. The number of rotatable bonds is 2. The van der Waals surface area contributed by atoms with Crippen LogP contribution in [-0.2, 0) is 12.6 Å². The fourth-order valence-electron chi connectivity index (χ4n) is 3.57. The van der Waals surface area contributed by atoms with Crippen LogP contribution >= 0.6 is 0 Å². The van der Waals surface area contributed by atoms with Crippen molar-refractivity contribution in [2.24, 2.45) is 7.05 Å². The topological polar surface area (TPSA) is 91.7 Å². The SMILES string of the molecule is C[C@H]1C[C@@](O)(c2ccc3cn[nH]c3c2)C[C@@H](c2cn(C)nn2)N1. The molecule has 3 atom stereocenters. The van der Waals surface area contributed by atoms with Crippen LogP contribution in [0.15, 0.2) is 30.6 Å². The Hall–Kier alpha value is -2.25. The maximum absolute atomic E-state index is 11.3. The minimum Gasteiger partial charge on any atom is -0.385 e. The molecule has 1 saturated heterocycles. The van der Waals surface area contributed by atoms with Gasteiger partial charge in [-0.2, -0.15) is 5.10 Å². The quantitative estimate of drug-likeness (QED) is 0.665. The molecule has 0 saturated carbocycles. The van der Waals surface area contributed by atoms with Crippen LogP contribution in [0.25, 0.3) is 10.9 Å². The average Bonchev–Trinajstić information content (AvgIpc) is 3.14. The molecule has 1 aromatic carbocycles. The van der Waals surface area contributed by atoms with Crippen molar-refractivity contribution in [2.75, 3.05) is 0 Å². The van der Waals surface area contributed by atoms with E-state index in [2.05, 4.69) is 32.7 Å². The number of piperidine rings is 1. The maximum atomic E-state index is 11.3. The van der Waals surface area contributed by atoms with E-state index < -0.39 is 5.60 Å². The van der Waals surface area contributed by atoms with Gasteiger partial charge in [-0.05, 0) is 25.0 Å². The summed E-state index contributed by atoms with van der Waals surface area (Å²) in [5.41, 5.74) is 1.82. The lowest BCUT2D eigenvalue weighted by Crippen LogP contribution is -2.47. The van der Waals surface area contributed by atoms with Crippen LogP contribution in [0, 0.1) is 0 Å². The van der Waals surface area contributed by atoms with Gasteiger partial charge in [0.1, 0.15) is 0 Å². The van der Waals surface area contributed by atoms with Crippen LogP contribution in [0.1, 0.15) is 37.1 Å². The largest absolute Gasteiger partial charge is 0.385 e. The molecule has 1 fully saturated rings. The summed E-state index contributed by atoms with van der Waals surface area (Å²) in [6.07, 6.45) is 4.91. The number of H-pyrrole nitrogens is 1. The molecule has 0 radical (unpaired) electrons. The van der Waals surface area contributed by atoms with E-state index in [1.165, 1.54) is 0 Å². The predicted molar refractivity (Wildman–Crippen MR) is 85.6 cm³/mol. The molecule has 23 heavy (non-hydrogen) atoms. The van der Waals surface area contributed by atoms with Crippen LogP contribution in [-0.4, -0.2) is 36.3 Å². The lowest BCUT2D eigenvalue weighted by Gasteiger charge is -2.40. The molecular formula is C16H20N6O. The number of aromatic nitrogens is 5. The van der Waals surface area contributed by atoms with Gasteiger partial charge in [0.2, 0.25) is 0 Å². The number of nitrogens with one attached hydrogen (secondary N) is 2. The summed E-state index contributed by atoms with van der Waals surface area (Å²) in [4.78, 5) is 0. The molecule has 0 amide bonds. The molecule has 0 unspecified atom stereocenters. The van der Waals surface area contributed by atoms with Crippen LogP contribution in [0.3, 0.4) is 0 Å².